The molecule has 6 aromatic rings. The van der Waals surface area contributed by atoms with E-state index in [1.807, 2.05) is 0 Å². The van der Waals surface area contributed by atoms with Crippen molar-refractivity contribution in [3.8, 4) is 11.1 Å². The standard InChI is InChI=1S/C54H45F6N3P/c1-50(2,3)30-20-35-36-21-31(51(4,5)6)24-39-41-26-33(28-16-12-10-13-17-28)43(53(55,56)57)47-48-44(54(58,59)60)34(29-18-14-11-15-19-29)27-42-40-25-32(52(7,8)9)23-38-37(22-30)45(35)63(46(36)39)64(49(38)40,61(41)47)62(42)48/h10-27H,1-9H3/q+1. The lowest BCUT2D eigenvalue weighted by Crippen LogP contribution is -2.40. The summed E-state index contributed by atoms with van der Waals surface area (Å²) in [5.41, 5.74) is 5.08. The van der Waals surface area contributed by atoms with Gasteiger partial charge in [0, 0.05) is 27.5 Å². The number of nitrogens with zero attached hydrogens (tertiary/aromatic N) is 3. The van der Waals surface area contributed by atoms with E-state index in [0.29, 0.717) is 17.0 Å². The average molecular weight is 881 g/mol. The molecule has 5 aromatic carbocycles. The van der Waals surface area contributed by atoms with Crippen LogP contribution in [0, 0.1) is 0 Å². The van der Waals surface area contributed by atoms with E-state index in [0.717, 1.165) is 60.5 Å². The smallest absolute Gasteiger partial charge is 0.169 e. The summed E-state index contributed by atoms with van der Waals surface area (Å²) in [6, 6.07) is 29.7. The summed E-state index contributed by atoms with van der Waals surface area (Å²) in [5, 5.41) is 2.67. The minimum atomic E-state index is -5.06. The molecular weight excluding hydrogens is 836 g/mol. The molecule has 0 saturated carbocycles. The third kappa shape index (κ3) is 4.84. The van der Waals surface area contributed by atoms with E-state index in [1.54, 1.807) is 82.2 Å². The van der Waals surface area contributed by atoms with Crippen molar-refractivity contribution in [3.05, 3.63) is 171 Å². The molecule has 0 bridgehead atoms. The summed E-state index contributed by atoms with van der Waals surface area (Å²) in [7, 11) is -3.73. The summed E-state index contributed by atoms with van der Waals surface area (Å²) in [6.45, 7) is 19.3. The second kappa shape index (κ2) is 11.9. The van der Waals surface area contributed by atoms with Crippen LogP contribution in [0.15, 0.2) is 132 Å². The molecule has 0 radical (unpaired) electrons. The van der Waals surface area contributed by atoms with E-state index >= 15 is 26.3 Å². The minimum absolute atomic E-state index is 0.155. The summed E-state index contributed by atoms with van der Waals surface area (Å²) in [6.07, 6.45) is -6.87. The van der Waals surface area contributed by atoms with Crippen LogP contribution in [-0.2, 0) is 16.2 Å². The van der Waals surface area contributed by atoms with E-state index < -0.39 is 42.6 Å². The zero-order valence-corrected chi connectivity index (χ0v) is 37.8. The van der Waals surface area contributed by atoms with E-state index in [4.69, 9.17) is 0 Å². The molecule has 64 heavy (non-hydrogen) atoms. The van der Waals surface area contributed by atoms with Gasteiger partial charge in [-0.3, -0.25) is 0 Å². The van der Waals surface area contributed by atoms with Gasteiger partial charge < -0.3 is 0 Å². The highest BCUT2D eigenvalue weighted by Gasteiger charge is 2.78. The number of benzene rings is 5. The molecule has 10 heteroatoms. The highest BCUT2D eigenvalue weighted by atomic mass is 31.2. The quantitative estimate of drug-likeness (QED) is 0.127. The third-order valence-electron chi connectivity index (χ3n) is 14.0. The fourth-order valence-electron chi connectivity index (χ4n) is 11.1. The first kappa shape index (κ1) is 39.8. The van der Waals surface area contributed by atoms with Gasteiger partial charge in [-0.05, 0) is 104 Å². The number of alkyl halides is 6. The Bertz CT molecular complexity index is 3340. The predicted molar refractivity (Wildman–Crippen MR) is 248 cm³/mol. The van der Waals surface area contributed by atoms with Gasteiger partial charge in [0.1, 0.15) is 16.9 Å². The predicted octanol–water partition coefficient (Wildman–Crippen LogP) is 15.2. The summed E-state index contributed by atoms with van der Waals surface area (Å²) in [5.74, 6) is 0. The van der Waals surface area contributed by atoms with Gasteiger partial charge >= 0.3 is 20.1 Å². The Morgan fingerprint density at radius 1 is 0.438 bits per heavy atom. The molecule has 0 aliphatic carbocycles. The molecule has 0 saturated heterocycles. The van der Waals surface area contributed by atoms with Gasteiger partial charge in [-0.15, -0.1) is 0 Å². The topological polar surface area (TPSA) is 11.4 Å². The van der Waals surface area contributed by atoms with Crippen LogP contribution in [-0.4, -0.2) is 26.0 Å². The second-order valence-corrected chi connectivity index (χ2v) is 23.9. The van der Waals surface area contributed by atoms with Crippen molar-refractivity contribution in [2.75, 3.05) is 0 Å². The molecule has 12 rings (SSSR count). The van der Waals surface area contributed by atoms with Gasteiger partial charge in [-0.25, -0.2) is 0 Å². The number of fused-ring (bicyclic) bond motifs is 4. The van der Waals surface area contributed by atoms with E-state index in [9.17, 15) is 0 Å². The fraction of sp³-hybridized carbons (Fsp3) is 0.259. The zero-order valence-electron chi connectivity index (χ0n) is 36.9. The molecule has 0 amide bonds. The molecule has 3 nitrogen and oxygen atoms in total. The molecule has 6 aliphatic heterocycles. The maximum absolute atomic E-state index is 16.6. The normalized spacial score (nSPS) is 19.8. The number of hydrogen-bond donors (Lipinski definition) is 0. The van der Waals surface area contributed by atoms with Crippen molar-refractivity contribution >= 4 is 57.4 Å². The second-order valence-electron chi connectivity index (χ2n) is 21.1. The summed E-state index contributed by atoms with van der Waals surface area (Å²) >= 11 is 0. The Hall–Kier alpha value is -5.79. The van der Waals surface area contributed by atoms with Crippen molar-refractivity contribution in [1.29, 1.82) is 0 Å². The average Bonchev–Trinajstić information content (AvgIpc) is 3.82. The SMILES string of the molecule is CC(C)(C)c1cc2c3c(c1)-c1cc(C(C)(C)C)cc4c5cc(C(C)(C)C)cc6c5n(c14)[P+]31N3C2=CC(c2ccccc2)=C(C(F)(F)F)C3=C2C(C(F)(F)F)=C(c3ccccc3)C=C6N21. The van der Waals surface area contributed by atoms with Crippen LogP contribution in [0.3, 0.4) is 0 Å². The monoisotopic (exact) mass is 880 g/mol. The van der Waals surface area contributed by atoms with Crippen LogP contribution in [0.4, 0.5) is 26.3 Å². The largest absolute Gasteiger partial charge is 0.419 e. The number of allylic oxidation sites excluding steroid dienone is 6. The van der Waals surface area contributed by atoms with E-state index in [-0.39, 0.29) is 38.5 Å². The molecule has 6 aliphatic rings. The van der Waals surface area contributed by atoms with Crippen molar-refractivity contribution in [1.82, 2.24) is 13.7 Å². The van der Waals surface area contributed by atoms with Crippen molar-refractivity contribution in [2.24, 2.45) is 0 Å². The Kier molecular flexibility index (Phi) is 7.40. The van der Waals surface area contributed by atoms with Crippen molar-refractivity contribution < 1.29 is 26.3 Å². The summed E-state index contributed by atoms with van der Waals surface area (Å²) < 4.78 is 106. The Balaban J connectivity index is 1.40. The lowest BCUT2D eigenvalue weighted by atomic mass is 9.81. The lowest BCUT2D eigenvalue weighted by Gasteiger charge is -2.44. The van der Waals surface area contributed by atoms with Gasteiger partial charge in [0.15, 0.2) is 5.30 Å². The van der Waals surface area contributed by atoms with Crippen LogP contribution < -0.4 is 5.30 Å². The highest BCUT2D eigenvalue weighted by Crippen LogP contribution is 2.87. The van der Waals surface area contributed by atoms with E-state index in [1.165, 1.54) is 0 Å². The number of rotatable bonds is 2. The Morgan fingerprint density at radius 3 is 1.25 bits per heavy atom. The molecule has 1 unspecified atom stereocenters. The first-order valence-corrected chi connectivity index (χ1v) is 23.4. The molecule has 0 N–H and O–H groups in total. The first-order chi connectivity index (χ1) is 29.9. The van der Waals surface area contributed by atoms with Crippen LogP contribution in [0.1, 0.15) is 101 Å². The minimum Gasteiger partial charge on any atom is -0.169 e. The number of hydrogen-bond acceptors (Lipinski definition) is 2. The van der Waals surface area contributed by atoms with Crippen molar-refractivity contribution in [2.45, 2.75) is 90.9 Å². The van der Waals surface area contributed by atoms with Gasteiger partial charge in [0.05, 0.1) is 33.6 Å². The van der Waals surface area contributed by atoms with Gasteiger partial charge in [0.25, 0.3) is 0 Å². The maximum Gasteiger partial charge on any atom is 0.419 e. The molecule has 1 spiro atoms. The number of aromatic nitrogens is 1. The zero-order chi connectivity index (χ0) is 45.2. The van der Waals surface area contributed by atoms with Crippen LogP contribution in [0.2, 0.25) is 0 Å². The first-order valence-electron chi connectivity index (χ1n) is 21.7. The summed E-state index contributed by atoms with van der Waals surface area (Å²) in [4.78, 5) is 0. The molecule has 0 fully saturated rings. The number of halogens is 6. The van der Waals surface area contributed by atoms with Gasteiger partial charge in [0.2, 0.25) is 0 Å². The molecule has 322 valence electrons. The Morgan fingerprint density at radius 2 is 0.812 bits per heavy atom. The Labute approximate surface area is 368 Å². The molecule has 1 atom stereocenters. The molecule has 7 heterocycles. The lowest BCUT2D eigenvalue weighted by molar-refractivity contribution is -0.0932. The van der Waals surface area contributed by atoms with Gasteiger partial charge in [-0.2, -0.15) is 40.0 Å². The third-order valence-corrected chi connectivity index (χ3v) is 18.0. The van der Waals surface area contributed by atoms with E-state index in [2.05, 4.69) is 103 Å². The van der Waals surface area contributed by atoms with Gasteiger partial charge in [-0.1, -0.05) is 123 Å². The highest BCUT2D eigenvalue weighted by molar-refractivity contribution is 7.80. The fourth-order valence-corrected chi connectivity index (χ4v) is 16.1. The maximum atomic E-state index is 16.6. The van der Waals surface area contributed by atoms with Crippen LogP contribution >= 0.6 is 7.71 Å². The van der Waals surface area contributed by atoms with Crippen molar-refractivity contribution in [3.63, 3.8) is 0 Å². The van der Waals surface area contributed by atoms with Crippen LogP contribution in [0.25, 0.3) is 55.5 Å². The molecular formula is C54H45F6N3P+. The van der Waals surface area contributed by atoms with Crippen LogP contribution in [0.5, 0.6) is 0 Å². The molecule has 1 aromatic heterocycles.